The maximum Gasteiger partial charge on any atom is 0.460 e. The van der Waals surface area contributed by atoms with Crippen molar-refractivity contribution in [3.8, 4) is 11.7 Å². The summed E-state index contributed by atoms with van der Waals surface area (Å²) in [5.74, 6) is 7.04. The van der Waals surface area contributed by atoms with Gasteiger partial charge in [-0.25, -0.2) is 0 Å². The van der Waals surface area contributed by atoms with Crippen molar-refractivity contribution < 1.29 is 0 Å². The van der Waals surface area contributed by atoms with Crippen molar-refractivity contribution in [1.29, 1.82) is 0 Å². The smallest absolute Gasteiger partial charge is 0.398 e. The van der Waals surface area contributed by atoms with Gasteiger partial charge in [-0.15, -0.1) is 17.5 Å². The van der Waals surface area contributed by atoms with E-state index in [1.807, 2.05) is 0 Å². The van der Waals surface area contributed by atoms with Crippen LogP contribution in [0.25, 0.3) is 10.8 Å². The van der Waals surface area contributed by atoms with E-state index in [9.17, 15) is 0 Å². The first-order chi connectivity index (χ1) is 9.38. The minimum absolute atomic E-state index is 0.0316. The highest BCUT2D eigenvalue weighted by Gasteiger charge is 2.21. The van der Waals surface area contributed by atoms with Gasteiger partial charge in [-0.05, 0) is 23.9 Å². The van der Waals surface area contributed by atoms with Gasteiger partial charge in [-0.1, -0.05) is 30.1 Å². The average molecular weight is 269 g/mol. The van der Waals surface area contributed by atoms with Crippen molar-refractivity contribution in [1.82, 2.24) is 0 Å². The van der Waals surface area contributed by atoms with Crippen LogP contribution in [-0.4, -0.2) is 12.9 Å². The number of halogens is 1. The molecule has 0 unspecified atom stereocenters. The molecular weight excluding hydrogens is 254 g/mol. The number of anilines is 2. The fourth-order valence-corrected chi connectivity index (χ4v) is 2.46. The van der Waals surface area contributed by atoms with Gasteiger partial charge in [0.1, 0.15) is 0 Å². The molecule has 3 rings (SSSR count). The van der Waals surface area contributed by atoms with E-state index in [4.69, 9.17) is 11.6 Å². The summed E-state index contributed by atoms with van der Waals surface area (Å²) in [6, 6.07) is 12.6. The van der Waals surface area contributed by atoms with Crippen LogP contribution < -0.4 is 10.5 Å². The average Bonchev–Trinajstić information content (AvgIpc) is 2.44. The molecule has 0 saturated heterocycles. The third kappa shape index (κ3) is 2.50. The van der Waals surface area contributed by atoms with E-state index in [0.29, 0.717) is 5.88 Å². The lowest BCUT2D eigenvalue weighted by molar-refractivity contribution is 0.992. The molecule has 2 aromatic carbocycles. The topological polar surface area (TPSA) is 24.1 Å². The predicted octanol–water partition coefficient (Wildman–Crippen LogP) is 3.73. The maximum absolute atomic E-state index is 5.64. The zero-order chi connectivity index (χ0) is 13.1. The molecule has 0 aliphatic carbocycles. The fraction of sp³-hybridized carbons (Fsp3) is 0.200. The molecule has 1 aliphatic heterocycles. The van der Waals surface area contributed by atoms with Gasteiger partial charge in [0.15, 0.2) is 0 Å². The summed E-state index contributed by atoms with van der Waals surface area (Å²) < 4.78 is 0. The molecule has 0 saturated carbocycles. The molecule has 0 atom stereocenters. The number of benzene rings is 2. The molecule has 0 aromatic heterocycles. The van der Waals surface area contributed by atoms with Crippen molar-refractivity contribution in [3.05, 3.63) is 36.4 Å². The summed E-state index contributed by atoms with van der Waals surface area (Å²) in [5, 5.41) is 9.32. The maximum atomic E-state index is 5.64. The molecule has 0 spiro atoms. The highest BCUT2D eigenvalue weighted by molar-refractivity contribution is 6.75. The van der Waals surface area contributed by atoms with Crippen LogP contribution in [0.3, 0.4) is 0 Å². The number of rotatable bonds is 2. The van der Waals surface area contributed by atoms with E-state index >= 15 is 0 Å². The minimum Gasteiger partial charge on any atom is -0.398 e. The molecule has 0 bridgehead atoms. The summed E-state index contributed by atoms with van der Waals surface area (Å²) >= 11 is 5.64. The Morgan fingerprint density at radius 3 is 2.37 bits per heavy atom. The van der Waals surface area contributed by atoms with E-state index < -0.39 is 0 Å². The van der Waals surface area contributed by atoms with Crippen molar-refractivity contribution in [2.45, 2.75) is 12.8 Å². The van der Waals surface area contributed by atoms with E-state index in [2.05, 4.69) is 58.6 Å². The molecule has 2 nitrogen and oxygen atoms in total. The number of nitrogens with one attached hydrogen (secondary N) is 2. The van der Waals surface area contributed by atoms with Crippen LogP contribution in [0.2, 0.25) is 0 Å². The van der Waals surface area contributed by atoms with Crippen molar-refractivity contribution >= 4 is 40.7 Å². The van der Waals surface area contributed by atoms with Crippen molar-refractivity contribution in [2.75, 3.05) is 16.3 Å². The van der Waals surface area contributed by atoms with Gasteiger partial charge >= 0.3 is 6.98 Å². The predicted molar refractivity (Wildman–Crippen MR) is 84.7 cm³/mol. The molecule has 1 heterocycles. The Kier molecular flexibility index (Phi) is 3.52. The van der Waals surface area contributed by atoms with Crippen LogP contribution in [0.4, 0.5) is 11.4 Å². The normalized spacial score (nSPS) is 12.4. The first kappa shape index (κ1) is 12.3. The van der Waals surface area contributed by atoms with Gasteiger partial charge in [0.05, 0.1) is 0 Å². The summed E-state index contributed by atoms with van der Waals surface area (Å²) in [4.78, 5) is 0. The third-order valence-corrected chi connectivity index (χ3v) is 3.45. The highest BCUT2D eigenvalue weighted by atomic mass is 35.5. The Balaban J connectivity index is 1.88. The number of unbranched alkanes of at least 4 members (excludes halogenated alkanes) is 1. The molecule has 4 heteroatoms. The SMILES string of the molecule is ClCCCC#CB1Nc2cccc3cccc(c23)N1. The van der Waals surface area contributed by atoms with Gasteiger partial charge in [0, 0.05) is 29.1 Å². The van der Waals surface area contributed by atoms with Gasteiger partial charge in [0.2, 0.25) is 0 Å². The summed E-state index contributed by atoms with van der Waals surface area (Å²) in [6.45, 7) is -0.0316. The highest BCUT2D eigenvalue weighted by Crippen LogP contribution is 2.33. The number of hydrogen-bond donors (Lipinski definition) is 2. The molecule has 0 radical (unpaired) electrons. The number of hydrogen-bond acceptors (Lipinski definition) is 2. The van der Waals surface area contributed by atoms with E-state index in [1.54, 1.807) is 0 Å². The Morgan fingerprint density at radius 1 is 1.05 bits per heavy atom. The van der Waals surface area contributed by atoms with Crippen LogP contribution >= 0.6 is 11.6 Å². The minimum atomic E-state index is -0.0316. The second-order valence-corrected chi connectivity index (χ2v) is 4.92. The Bertz CT molecular complexity index is 619. The quantitative estimate of drug-likeness (QED) is 0.375. The molecule has 2 N–H and O–H groups in total. The van der Waals surface area contributed by atoms with Gasteiger partial charge in [-0.3, -0.25) is 0 Å². The summed E-state index contributed by atoms with van der Waals surface area (Å²) in [6.07, 6.45) is 1.78. The van der Waals surface area contributed by atoms with E-state index in [-0.39, 0.29) is 6.98 Å². The molecular formula is C15H14BClN2. The summed E-state index contributed by atoms with van der Waals surface area (Å²) in [7, 11) is 0. The zero-order valence-corrected chi connectivity index (χ0v) is 11.3. The molecule has 94 valence electrons. The van der Waals surface area contributed by atoms with Crippen LogP contribution in [0, 0.1) is 11.7 Å². The molecule has 0 fully saturated rings. The van der Waals surface area contributed by atoms with Gasteiger partial charge in [-0.2, -0.15) is 0 Å². The van der Waals surface area contributed by atoms with Crippen LogP contribution in [0.1, 0.15) is 12.8 Å². The molecule has 1 aliphatic rings. The van der Waals surface area contributed by atoms with E-state index in [0.717, 1.165) is 24.2 Å². The van der Waals surface area contributed by atoms with Crippen LogP contribution in [-0.2, 0) is 0 Å². The number of alkyl halides is 1. The van der Waals surface area contributed by atoms with Crippen molar-refractivity contribution in [3.63, 3.8) is 0 Å². The van der Waals surface area contributed by atoms with E-state index in [1.165, 1.54) is 10.8 Å². The third-order valence-electron chi connectivity index (χ3n) is 3.19. The first-order valence-electron chi connectivity index (χ1n) is 6.47. The van der Waals surface area contributed by atoms with Crippen molar-refractivity contribution in [2.24, 2.45) is 0 Å². The molecule has 2 aromatic rings. The summed E-state index contributed by atoms with van der Waals surface area (Å²) in [5.41, 5.74) is 2.28. The zero-order valence-electron chi connectivity index (χ0n) is 10.5. The lowest BCUT2D eigenvalue weighted by atomic mass is 9.74. The first-order valence-corrected chi connectivity index (χ1v) is 7.01. The Morgan fingerprint density at radius 2 is 1.74 bits per heavy atom. The van der Waals surface area contributed by atoms with Gasteiger partial charge in [0.25, 0.3) is 0 Å². The second kappa shape index (κ2) is 5.46. The van der Waals surface area contributed by atoms with Crippen LogP contribution in [0.5, 0.6) is 0 Å². The standard InChI is InChI=1S/C15H14BClN2/c17-11-3-1-2-10-16-18-13-8-4-6-12-7-5-9-14(19-16)15(12)13/h4-9,18-19H,1,3,11H2. The Labute approximate surface area is 118 Å². The fourth-order valence-electron chi connectivity index (χ4n) is 2.33. The van der Waals surface area contributed by atoms with Crippen LogP contribution in [0.15, 0.2) is 36.4 Å². The lowest BCUT2D eigenvalue weighted by Crippen LogP contribution is -2.36. The molecule has 0 amide bonds. The lowest BCUT2D eigenvalue weighted by Gasteiger charge is -2.23. The monoisotopic (exact) mass is 268 g/mol. The molecule has 19 heavy (non-hydrogen) atoms. The second-order valence-electron chi connectivity index (χ2n) is 4.54. The van der Waals surface area contributed by atoms with Gasteiger partial charge < -0.3 is 10.5 Å². The Hall–Kier alpha value is -1.79. The largest absolute Gasteiger partial charge is 0.460 e.